The van der Waals surface area contributed by atoms with E-state index in [1.807, 2.05) is 11.8 Å². The van der Waals surface area contributed by atoms with Crippen LogP contribution in [0, 0.1) is 5.92 Å². The predicted molar refractivity (Wildman–Crippen MR) is 87.0 cm³/mol. The van der Waals surface area contributed by atoms with Crippen molar-refractivity contribution in [2.45, 2.75) is 44.6 Å². The van der Waals surface area contributed by atoms with Gasteiger partial charge in [0.1, 0.15) is 6.61 Å². The molecule has 0 aromatic carbocycles. The van der Waals surface area contributed by atoms with Crippen LogP contribution in [-0.2, 0) is 19.1 Å². The third kappa shape index (κ3) is 4.91. The summed E-state index contributed by atoms with van der Waals surface area (Å²) in [5.74, 6) is 0.651. The van der Waals surface area contributed by atoms with Crippen LogP contribution in [0.25, 0.3) is 0 Å². The van der Waals surface area contributed by atoms with Crippen LogP contribution in [0.4, 0.5) is 0 Å². The maximum absolute atomic E-state index is 12.0. The van der Waals surface area contributed by atoms with Gasteiger partial charge in [0.2, 0.25) is 11.8 Å². The summed E-state index contributed by atoms with van der Waals surface area (Å²) in [6, 6.07) is 0. The lowest BCUT2D eigenvalue weighted by Crippen LogP contribution is -2.51. The molecule has 0 bridgehead atoms. The normalized spacial score (nSPS) is 23.8. The van der Waals surface area contributed by atoms with Gasteiger partial charge in [-0.2, -0.15) is 0 Å². The van der Waals surface area contributed by atoms with Gasteiger partial charge >= 0.3 is 0 Å². The van der Waals surface area contributed by atoms with Gasteiger partial charge in [-0.15, -0.1) is 0 Å². The van der Waals surface area contributed by atoms with Gasteiger partial charge in [0, 0.05) is 46.8 Å². The van der Waals surface area contributed by atoms with Gasteiger partial charge in [-0.3, -0.25) is 9.59 Å². The van der Waals surface area contributed by atoms with E-state index in [4.69, 9.17) is 9.47 Å². The van der Waals surface area contributed by atoms with E-state index in [2.05, 4.69) is 0 Å². The molecule has 0 N–H and O–H groups in total. The second-order valence-corrected chi connectivity index (χ2v) is 6.90. The van der Waals surface area contributed by atoms with Crippen molar-refractivity contribution < 1.29 is 19.1 Å². The summed E-state index contributed by atoms with van der Waals surface area (Å²) in [6.45, 7) is 4.79. The van der Waals surface area contributed by atoms with Crippen molar-refractivity contribution in [1.82, 2.24) is 9.80 Å². The van der Waals surface area contributed by atoms with Gasteiger partial charge in [0.15, 0.2) is 0 Å². The third-order valence-corrected chi connectivity index (χ3v) is 5.01. The number of carbonyl (C=O) groups is 2. The van der Waals surface area contributed by atoms with Crippen molar-refractivity contribution >= 4 is 11.8 Å². The maximum Gasteiger partial charge on any atom is 0.248 e. The zero-order chi connectivity index (χ0) is 16.9. The van der Waals surface area contributed by atoms with E-state index in [0.29, 0.717) is 18.9 Å². The number of piperidine rings is 1. The number of ether oxygens (including phenoxy) is 2. The molecule has 6 heteroatoms. The molecule has 2 heterocycles. The average Bonchev–Trinajstić information content (AvgIpc) is 2.53. The van der Waals surface area contributed by atoms with Crippen molar-refractivity contribution in [1.29, 1.82) is 0 Å². The lowest BCUT2D eigenvalue weighted by Gasteiger charge is -2.46. The highest BCUT2D eigenvalue weighted by Crippen LogP contribution is 2.38. The lowest BCUT2D eigenvalue weighted by atomic mass is 9.78. The van der Waals surface area contributed by atoms with E-state index >= 15 is 0 Å². The molecule has 2 saturated heterocycles. The Labute approximate surface area is 139 Å². The van der Waals surface area contributed by atoms with Crippen LogP contribution in [0.15, 0.2) is 0 Å². The molecule has 2 rings (SSSR count). The summed E-state index contributed by atoms with van der Waals surface area (Å²) >= 11 is 0. The van der Waals surface area contributed by atoms with Crippen LogP contribution in [-0.4, -0.2) is 74.2 Å². The Kier molecular flexibility index (Phi) is 6.41. The van der Waals surface area contributed by atoms with E-state index in [0.717, 1.165) is 45.4 Å². The molecule has 1 spiro atoms. The molecule has 0 aliphatic carbocycles. The minimum absolute atomic E-state index is 0.0665. The molecule has 0 saturated carbocycles. The zero-order valence-corrected chi connectivity index (χ0v) is 14.7. The van der Waals surface area contributed by atoms with Crippen molar-refractivity contribution in [3.63, 3.8) is 0 Å². The second kappa shape index (κ2) is 8.11. The Balaban J connectivity index is 1.84. The SMILES string of the molecule is CCOCC(=O)N1CCC2(CC1)CC(CC(=O)N(C)C)CCO2. The minimum Gasteiger partial charge on any atom is -0.375 e. The van der Waals surface area contributed by atoms with Gasteiger partial charge in [0.25, 0.3) is 0 Å². The molecular formula is C17H30N2O4. The van der Waals surface area contributed by atoms with Gasteiger partial charge in [-0.05, 0) is 38.5 Å². The maximum atomic E-state index is 12.0. The van der Waals surface area contributed by atoms with E-state index in [-0.39, 0.29) is 24.0 Å². The highest BCUT2D eigenvalue weighted by Gasteiger charge is 2.41. The van der Waals surface area contributed by atoms with Crippen LogP contribution < -0.4 is 0 Å². The topological polar surface area (TPSA) is 59.1 Å². The lowest BCUT2D eigenvalue weighted by molar-refractivity contribution is -0.152. The van der Waals surface area contributed by atoms with Gasteiger partial charge in [-0.1, -0.05) is 0 Å². The first-order valence-electron chi connectivity index (χ1n) is 8.65. The van der Waals surface area contributed by atoms with Crippen LogP contribution in [0.1, 0.15) is 39.0 Å². The molecule has 6 nitrogen and oxygen atoms in total. The molecular weight excluding hydrogens is 296 g/mol. The quantitative estimate of drug-likeness (QED) is 0.764. The number of carbonyl (C=O) groups excluding carboxylic acids is 2. The first kappa shape index (κ1) is 18.2. The Morgan fingerprint density at radius 1 is 1.30 bits per heavy atom. The molecule has 0 aromatic heterocycles. The summed E-state index contributed by atoms with van der Waals surface area (Å²) in [5.41, 5.74) is -0.141. The zero-order valence-electron chi connectivity index (χ0n) is 14.7. The summed E-state index contributed by atoms with van der Waals surface area (Å²) in [7, 11) is 3.61. The minimum atomic E-state index is -0.141. The summed E-state index contributed by atoms with van der Waals surface area (Å²) in [6.07, 6.45) is 4.20. The Hall–Kier alpha value is -1.14. The highest BCUT2D eigenvalue weighted by molar-refractivity contribution is 5.77. The van der Waals surface area contributed by atoms with Crippen molar-refractivity contribution in [3.8, 4) is 0 Å². The van der Waals surface area contributed by atoms with Crippen LogP contribution >= 0.6 is 0 Å². The summed E-state index contributed by atoms with van der Waals surface area (Å²) in [4.78, 5) is 27.5. The summed E-state index contributed by atoms with van der Waals surface area (Å²) in [5, 5.41) is 0. The molecule has 0 radical (unpaired) electrons. The number of likely N-dealkylation sites (tertiary alicyclic amines) is 1. The van der Waals surface area contributed by atoms with Gasteiger partial charge in [-0.25, -0.2) is 0 Å². The average molecular weight is 326 g/mol. The van der Waals surface area contributed by atoms with Crippen LogP contribution in [0.5, 0.6) is 0 Å². The largest absolute Gasteiger partial charge is 0.375 e. The van der Waals surface area contributed by atoms with E-state index in [9.17, 15) is 9.59 Å². The molecule has 2 aliphatic rings. The van der Waals surface area contributed by atoms with Crippen molar-refractivity contribution in [2.75, 3.05) is 47.0 Å². The molecule has 2 amide bonds. The molecule has 23 heavy (non-hydrogen) atoms. The first-order valence-corrected chi connectivity index (χ1v) is 8.65. The molecule has 2 aliphatic heterocycles. The molecule has 1 unspecified atom stereocenters. The molecule has 1 atom stereocenters. The Bertz CT molecular complexity index is 417. The van der Waals surface area contributed by atoms with E-state index in [1.165, 1.54) is 0 Å². The van der Waals surface area contributed by atoms with Crippen LogP contribution in [0.2, 0.25) is 0 Å². The number of nitrogens with zero attached hydrogens (tertiary/aromatic N) is 2. The Morgan fingerprint density at radius 3 is 2.61 bits per heavy atom. The fourth-order valence-corrected chi connectivity index (χ4v) is 3.53. The molecule has 132 valence electrons. The van der Waals surface area contributed by atoms with Crippen molar-refractivity contribution in [3.05, 3.63) is 0 Å². The molecule has 2 fully saturated rings. The third-order valence-electron chi connectivity index (χ3n) is 5.01. The number of hydrogen-bond donors (Lipinski definition) is 0. The van der Waals surface area contributed by atoms with Gasteiger partial charge < -0.3 is 19.3 Å². The summed E-state index contributed by atoms with van der Waals surface area (Å²) < 4.78 is 11.3. The monoisotopic (exact) mass is 326 g/mol. The fourth-order valence-electron chi connectivity index (χ4n) is 3.53. The van der Waals surface area contributed by atoms with E-state index < -0.39 is 0 Å². The predicted octanol–water partition coefficient (Wildman–Crippen LogP) is 1.29. The second-order valence-electron chi connectivity index (χ2n) is 6.90. The van der Waals surface area contributed by atoms with Crippen molar-refractivity contribution in [2.24, 2.45) is 5.92 Å². The van der Waals surface area contributed by atoms with E-state index in [1.54, 1.807) is 19.0 Å². The number of rotatable bonds is 5. The fraction of sp³-hybridized carbons (Fsp3) is 0.882. The molecule has 0 aromatic rings. The van der Waals surface area contributed by atoms with Crippen LogP contribution in [0.3, 0.4) is 0 Å². The smallest absolute Gasteiger partial charge is 0.248 e. The standard InChI is InChI=1S/C17H30N2O4/c1-4-22-13-16(21)19-8-6-17(7-9-19)12-14(5-10-23-17)11-15(20)18(2)3/h14H,4-13H2,1-3H3. The highest BCUT2D eigenvalue weighted by atomic mass is 16.5. The first-order chi connectivity index (χ1) is 11.0. The number of hydrogen-bond acceptors (Lipinski definition) is 4. The van der Waals surface area contributed by atoms with Gasteiger partial charge in [0.05, 0.1) is 5.60 Å². The Morgan fingerprint density at radius 2 is 2.00 bits per heavy atom. The number of amides is 2.